The van der Waals surface area contributed by atoms with Gasteiger partial charge >= 0.3 is 0 Å². The van der Waals surface area contributed by atoms with Gasteiger partial charge in [0.15, 0.2) is 0 Å². The summed E-state index contributed by atoms with van der Waals surface area (Å²) in [6.45, 7) is 5.47. The van der Waals surface area contributed by atoms with E-state index in [-0.39, 0.29) is 0 Å². The Bertz CT molecular complexity index is 565. The molecule has 1 heterocycles. The first-order valence-electron chi connectivity index (χ1n) is 7.23. The van der Waals surface area contributed by atoms with Crippen LogP contribution in [0.4, 0.5) is 0 Å². The molecule has 21 heavy (non-hydrogen) atoms. The van der Waals surface area contributed by atoms with Crippen LogP contribution in [0, 0.1) is 5.92 Å². The van der Waals surface area contributed by atoms with Crippen LogP contribution in [0.2, 0.25) is 0 Å². The maximum atomic E-state index is 3.59. The minimum atomic E-state index is 0.532. The van der Waals surface area contributed by atoms with Crippen molar-refractivity contribution in [3.63, 3.8) is 0 Å². The van der Waals surface area contributed by atoms with Crippen LogP contribution in [-0.4, -0.2) is 12.6 Å². The molecule has 0 aliphatic carbocycles. The summed E-state index contributed by atoms with van der Waals surface area (Å²) >= 11 is 8.96. The van der Waals surface area contributed by atoms with E-state index in [0.29, 0.717) is 12.0 Å². The topological polar surface area (TPSA) is 12.0 Å². The lowest BCUT2D eigenvalue weighted by molar-refractivity contribution is 0.446. The Hall–Kier alpha value is -0.160. The molecule has 0 radical (unpaired) electrons. The molecule has 2 rings (SSSR count). The molecule has 0 bridgehead atoms. The third-order valence-corrected chi connectivity index (χ3v) is 5.55. The van der Waals surface area contributed by atoms with Gasteiger partial charge in [-0.3, -0.25) is 0 Å². The fraction of sp³-hybridized carbons (Fsp3) is 0.412. The number of hydrogen-bond donors (Lipinski definition) is 1. The van der Waals surface area contributed by atoms with Gasteiger partial charge < -0.3 is 5.32 Å². The van der Waals surface area contributed by atoms with Gasteiger partial charge in [0.05, 0.1) is 0 Å². The zero-order chi connectivity index (χ0) is 15.2. The highest BCUT2D eigenvalue weighted by atomic mass is 79.9. The first kappa shape index (κ1) is 17.2. The molecule has 1 aromatic heterocycles. The summed E-state index contributed by atoms with van der Waals surface area (Å²) in [6.07, 6.45) is 2.23. The van der Waals surface area contributed by atoms with Crippen molar-refractivity contribution in [2.45, 2.75) is 32.7 Å². The summed E-state index contributed by atoms with van der Waals surface area (Å²) in [4.78, 5) is 1.45. The number of thiophene rings is 1. The molecule has 1 nitrogen and oxygen atoms in total. The predicted octanol–water partition coefficient (Wildman–Crippen LogP) is 5.67. The molecule has 2 aromatic rings. The first-order valence-corrected chi connectivity index (χ1v) is 9.70. The third kappa shape index (κ3) is 6.23. The second-order valence-corrected chi connectivity index (χ2v) is 8.53. The summed E-state index contributed by atoms with van der Waals surface area (Å²) in [7, 11) is 0. The van der Waals surface area contributed by atoms with E-state index in [0.717, 1.165) is 23.9 Å². The van der Waals surface area contributed by atoms with E-state index < -0.39 is 0 Å². The Kier molecular flexibility index (Phi) is 6.93. The van der Waals surface area contributed by atoms with Gasteiger partial charge in [-0.05, 0) is 65.0 Å². The van der Waals surface area contributed by atoms with Gasteiger partial charge in [0, 0.05) is 25.2 Å². The monoisotopic (exact) mass is 429 g/mol. The van der Waals surface area contributed by atoms with Gasteiger partial charge in [-0.15, -0.1) is 11.3 Å². The van der Waals surface area contributed by atoms with Crippen molar-refractivity contribution in [1.82, 2.24) is 5.32 Å². The fourth-order valence-corrected chi connectivity index (χ4v) is 4.38. The molecular formula is C17H21Br2NS. The van der Waals surface area contributed by atoms with E-state index in [4.69, 9.17) is 0 Å². The number of nitrogens with one attached hydrogen (secondary N) is 1. The molecule has 0 fully saturated rings. The lowest BCUT2D eigenvalue weighted by atomic mass is 9.95. The molecule has 1 unspecified atom stereocenters. The second-order valence-electron chi connectivity index (χ2n) is 5.70. The Labute approximate surface area is 148 Å². The number of rotatable bonds is 7. The van der Waals surface area contributed by atoms with E-state index >= 15 is 0 Å². The van der Waals surface area contributed by atoms with E-state index in [2.05, 4.69) is 86.7 Å². The molecule has 114 valence electrons. The zero-order valence-corrected chi connectivity index (χ0v) is 16.4. The maximum Gasteiger partial charge on any atom is 0.0285 e. The van der Waals surface area contributed by atoms with Crippen molar-refractivity contribution >= 4 is 43.2 Å². The largest absolute Gasteiger partial charge is 0.314 e. The van der Waals surface area contributed by atoms with Crippen molar-refractivity contribution in [1.29, 1.82) is 0 Å². The second kappa shape index (κ2) is 8.47. The minimum absolute atomic E-state index is 0.532. The number of benzene rings is 1. The zero-order valence-electron chi connectivity index (χ0n) is 12.4. The third-order valence-electron chi connectivity index (χ3n) is 3.34. The van der Waals surface area contributed by atoms with E-state index in [9.17, 15) is 0 Å². The molecule has 0 saturated carbocycles. The molecule has 0 aliphatic heterocycles. The maximum absolute atomic E-state index is 3.59. The molecule has 0 spiro atoms. The van der Waals surface area contributed by atoms with E-state index in [1.807, 2.05) is 11.3 Å². The molecule has 1 atom stereocenters. The van der Waals surface area contributed by atoms with Gasteiger partial charge in [0.1, 0.15) is 0 Å². The highest BCUT2D eigenvalue weighted by Gasteiger charge is 2.13. The minimum Gasteiger partial charge on any atom is -0.314 e. The van der Waals surface area contributed by atoms with Crippen LogP contribution in [0.25, 0.3) is 0 Å². The highest BCUT2D eigenvalue weighted by Crippen LogP contribution is 2.24. The Morgan fingerprint density at radius 3 is 2.52 bits per heavy atom. The average molecular weight is 431 g/mol. The Morgan fingerprint density at radius 2 is 1.90 bits per heavy atom. The molecular weight excluding hydrogens is 410 g/mol. The fourth-order valence-electron chi connectivity index (χ4n) is 2.36. The quantitative estimate of drug-likeness (QED) is 0.596. The van der Waals surface area contributed by atoms with Crippen molar-refractivity contribution < 1.29 is 0 Å². The SMILES string of the molecule is CC(C)NCC(Cc1cccc(Br)c1)Cc1cc(Br)cs1. The van der Waals surface area contributed by atoms with Crippen LogP contribution in [0.15, 0.2) is 44.7 Å². The van der Waals surface area contributed by atoms with Gasteiger partial charge in [-0.1, -0.05) is 41.9 Å². The van der Waals surface area contributed by atoms with Crippen LogP contribution in [0.5, 0.6) is 0 Å². The smallest absolute Gasteiger partial charge is 0.0285 e. The standard InChI is InChI=1S/C17H21Br2NS/c1-12(2)20-10-14(8-17-9-16(19)11-21-17)6-13-4-3-5-15(18)7-13/h3-5,7,9,11-12,14,20H,6,8,10H2,1-2H3. The molecule has 1 N–H and O–H groups in total. The summed E-state index contributed by atoms with van der Waals surface area (Å²) in [5, 5.41) is 5.76. The van der Waals surface area contributed by atoms with E-state index in [1.54, 1.807) is 0 Å². The average Bonchev–Trinajstić information content (AvgIpc) is 2.81. The van der Waals surface area contributed by atoms with Crippen LogP contribution < -0.4 is 5.32 Å². The van der Waals surface area contributed by atoms with Gasteiger partial charge in [0.2, 0.25) is 0 Å². The Morgan fingerprint density at radius 1 is 1.10 bits per heavy atom. The van der Waals surface area contributed by atoms with Crippen LogP contribution >= 0.6 is 43.2 Å². The van der Waals surface area contributed by atoms with Crippen molar-refractivity contribution in [3.05, 3.63) is 55.1 Å². The lowest BCUT2D eigenvalue weighted by Crippen LogP contribution is -2.30. The molecule has 1 aromatic carbocycles. The highest BCUT2D eigenvalue weighted by molar-refractivity contribution is 9.10. The molecule has 0 aliphatic rings. The summed E-state index contributed by atoms with van der Waals surface area (Å²) in [6, 6.07) is 11.4. The normalized spacial score (nSPS) is 12.8. The van der Waals surface area contributed by atoms with Crippen LogP contribution in [0.3, 0.4) is 0 Å². The first-order chi connectivity index (χ1) is 10.0. The van der Waals surface area contributed by atoms with E-state index in [1.165, 1.54) is 14.9 Å². The Balaban J connectivity index is 2.04. The predicted molar refractivity (Wildman–Crippen MR) is 100 cm³/mol. The van der Waals surface area contributed by atoms with Crippen molar-refractivity contribution in [2.75, 3.05) is 6.54 Å². The number of halogens is 2. The van der Waals surface area contributed by atoms with Gasteiger partial charge in [-0.2, -0.15) is 0 Å². The van der Waals surface area contributed by atoms with Crippen LogP contribution in [0.1, 0.15) is 24.3 Å². The number of hydrogen-bond acceptors (Lipinski definition) is 2. The summed E-state index contributed by atoms with van der Waals surface area (Å²) < 4.78 is 2.36. The molecule has 0 saturated heterocycles. The van der Waals surface area contributed by atoms with Gasteiger partial charge in [-0.25, -0.2) is 0 Å². The van der Waals surface area contributed by atoms with Crippen LogP contribution in [-0.2, 0) is 12.8 Å². The lowest BCUT2D eigenvalue weighted by Gasteiger charge is -2.19. The summed E-state index contributed by atoms with van der Waals surface area (Å²) in [5.41, 5.74) is 1.40. The molecule has 0 amide bonds. The molecule has 4 heteroatoms. The summed E-state index contributed by atoms with van der Waals surface area (Å²) in [5.74, 6) is 0.618. The van der Waals surface area contributed by atoms with Crippen molar-refractivity contribution in [2.24, 2.45) is 5.92 Å². The van der Waals surface area contributed by atoms with Gasteiger partial charge in [0.25, 0.3) is 0 Å². The van der Waals surface area contributed by atoms with Crippen molar-refractivity contribution in [3.8, 4) is 0 Å².